The highest BCUT2D eigenvalue weighted by atomic mass is 16.6. The molecule has 2 saturated carbocycles. The number of allylic oxidation sites excluding steroid dienone is 2. The minimum absolute atomic E-state index is 0.0602. The van der Waals surface area contributed by atoms with E-state index in [1.54, 1.807) is 11.1 Å². The Morgan fingerprint density at radius 2 is 1.57 bits per heavy atom. The van der Waals surface area contributed by atoms with E-state index in [-0.39, 0.29) is 17.5 Å². The molecule has 0 radical (unpaired) electrons. The number of carbonyl (C=O) groups excluding carboxylic acids is 1. The van der Waals surface area contributed by atoms with Crippen LogP contribution in [0.15, 0.2) is 11.1 Å². The summed E-state index contributed by atoms with van der Waals surface area (Å²) in [5.41, 5.74) is 3.17. The van der Waals surface area contributed by atoms with Crippen molar-refractivity contribution in [1.29, 1.82) is 0 Å². The van der Waals surface area contributed by atoms with Gasteiger partial charge in [-0.1, -0.05) is 25.0 Å². The fourth-order valence-corrected chi connectivity index (χ4v) is 5.99. The van der Waals surface area contributed by atoms with Crippen LogP contribution >= 0.6 is 0 Å². The molecule has 7 unspecified atom stereocenters. The van der Waals surface area contributed by atoms with Gasteiger partial charge in [-0.15, -0.1) is 0 Å². The van der Waals surface area contributed by atoms with E-state index in [2.05, 4.69) is 13.8 Å². The summed E-state index contributed by atoms with van der Waals surface area (Å²) in [5.74, 6) is 4.72. The zero-order chi connectivity index (χ0) is 15.1. The molecule has 116 valence electrons. The lowest BCUT2D eigenvalue weighted by molar-refractivity contribution is -0.161. The Kier molecular flexibility index (Phi) is 2.73. The van der Waals surface area contributed by atoms with Gasteiger partial charge in [-0.3, -0.25) is 4.79 Å². The highest BCUT2D eigenvalue weighted by Crippen LogP contribution is 2.68. The van der Waals surface area contributed by atoms with Crippen molar-refractivity contribution in [3.05, 3.63) is 11.1 Å². The molecule has 0 aliphatic heterocycles. The molecule has 2 heteroatoms. The summed E-state index contributed by atoms with van der Waals surface area (Å²) in [6.45, 7) is 10.8. The third kappa shape index (κ3) is 1.80. The predicted octanol–water partition coefficient (Wildman–Crippen LogP) is 4.20. The third-order valence-electron chi connectivity index (χ3n) is 6.85. The Hall–Kier alpha value is -0.790. The highest BCUT2D eigenvalue weighted by molar-refractivity contribution is 5.75. The highest BCUT2D eigenvalue weighted by Gasteiger charge is 2.60. The number of fused-ring (bicyclic) bond motifs is 8. The topological polar surface area (TPSA) is 26.3 Å². The Morgan fingerprint density at radius 1 is 0.952 bits per heavy atom. The summed E-state index contributed by atoms with van der Waals surface area (Å²) in [5, 5.41) is 0. The van der Waals surface area contributed by atoms with Gasteiger partial charge in [0.1, 0.15) is 5.60 Å². The second-order valence-electron chi connectivity index (χ2n) is 8.99. The van der Waals surface area contributed by atoms with Gasteiger partial charge in [-0.2, -0.15) is 0 Å². The van der Waals surface area contributed by atoms with Crippen LogP contribution < -0.4 is 0 Å². The van der Waals surface area contributed by atoms with Gasteiger partial charge >= 0.3 is 5.97 Å². The summed E-state index contributed by atoms with van der Waals surface area (Å²) in [7, 11) is 0. The summed E-state index contributed by atoms with van der Waals surface area (Å²) in [6, 6.07) is 0. The summed E-state index contributed by atoms with van der Waals surface area (Å²) >= 11 is 0. The molecule has 0 amide bonds. The Balaban J connectivity index is 1.60. The van der Waals surface area contributed by atoms with Crippen molar-refractivity contribution in [1.82, 2.24) is 0 Å². The molecule has 21 heavy (non-hydrogen) atoms. The standard InChI is InChI=1S/C19H28O2/c1-9-10(2)13-8-12(9)16-11-6-14(17(13)16)15(7-11)18(20)21-19(3,4)5/h9-15H,6-8H2,1-5H3. The van der Waals surface area contributed by atoms with Crippen LogP contribution in [0.4, 0.5) is 0 Å². The molecule has 0 aromatic heterocycles. The van der Waals surface area contributed by atoms with E-state index in [9.17, 15) is 4.79 Å². The van der Waals surface area contributed by atoms with E-state index in [4.69, 9.17) is 4.74 Å². The maximum absolute atomic E-state index is 12.5. The van der Waals surface area contributed by atoms with Crippen LogP contribution in [-0.4, -0.2) is 11.6 Å². The molecule has 2 fully saturated rings. The molecule has 0 saturated heterocycles. The smallest absolute Gasteiger partial charge is 0.310 e. The first-order chi connectivity index (χ1) is 9.78. The first-order valence-corrected chi connectivity index (χ1v) is 8.74. The molecule has 0 aromatic carbocycles. The van der Waals surface area contributed by atoms with Crippen LogP contribution in [0.3, 0.4) is 0 Å². The fourth-order valence-electron chi connectivity index (χ4n) is 5.99. The molecule has 0 spiro atoms. The largest absolute Gasteiger partial charge is 0.460 e. The molecule has 0 N–H and O–H groups in total. The summed E-state index contributed by atoms with van der Waals surface area (Å²) in [4.78, 5) is 12.5. The van der Waals surface area contributed by atoms with Gasteiger partial charge in [0, 0.05) is 0 Å². The Morgan fingerprint density at radius 3 is 2.19 bits per heavy atom. The van der Waals surface area contributed by atoms with E-state index < -0.39 is 0 Å². The normalized spacial score (nSPS) is 47.2. The fraction of sp³-hybridized carbons (Fsp3) is 0.842. The van der Waals surface area contributed by atoms with Crippen LogP contribution in [-0.2, 0) is 9.53 Å². The van der Waals surface area contributed by atoms with E-state index in [1.807, 2.05) is 20.8 Å². The minimum Gasteiger partial charge on any atom is -0.460 e. The van der Waals surface area contributed by atoms with Crippen molar-refractivity contribution < 1.29 is 9.53 Å². The second-order valence-corrected chi connectivity index (χ2v) is 8.99. The molecule has 4 bridgehead atoms. The average molecular weight is 288 g/mol. The van der Waals surface area contributed by atoms with E-state index in [0.29, 0.717) is 11.8 Å². The zero-order valence-corrected chi connectivity index (χ0v) is 14.0. The van der Waals surface area contributed by atoms with E-state index in [0.717, 1.165) is 30.1 Å². The molecule has 7 atom stereocenters. The lowest BCUT2D eigenvalue weighted by Gasteiger charge is -2.35. The lowest BCUT2D eigenvalue weighted by atomic mass is 9.70. The van der Waals surface area contributed by atoms with Gasteiger partial charge in [-0.05, 0) is 75.5 Å². The first-order valence-electron chi connectivity index (χ1n) is 8.74. The zero-order valence-electron chi connectivity index (χ0n) is 14.0. The Labute approximate surface area is 128 Å². The van der Waals surface area contributed by atoms with Crippen molar-refractivity contribution in [2.45, 2.75) is 59.5 Å². The van der Waals surface area contributed by atoms with E-state index >= 15 is 0 Å². The van der Waals surface area contributed by atoms with Crippen molar-refractivity contribution in [2.24, 2.45) is 41.4 Å². The molecule has 0 aromatic rings. The van der Waals surface area contributed by atoms with Crippen molar-refractivity contribution in [3.63, 3.8) is 0 Å². The quantitative estimate of drug-likeness (QED) is 0.410. The number of ether oxygens (including phenoxy) is 1. The van der Waals surface area contributed by atoms with Gasteiger partial charge in [0.05, 0.1) is 5.92 Å². The lowest BCUT2D eigenvalue weighted by Crippen LogP contribution is -2.34. The molecule has 0 heterocycles. The van der Waals surface area contributed by atoms with Crippen molar-refractivity contribution in [2.75, 3.05) is 0 Å². The maximum Gasteiger partial charge on any atom is 0.310 e. The van der Waals surface area contributed by atoms with Crippen molar-refractivity contribution in [3.8, 4) is 0 Å². The van der Waals surface area contributed by atoms with E-state index in [1.165, 1.54) is 12.8 Å². The molecule has 2 nitrogen and oxygen atoms in total. The summed E-state index contributed by atoms with van der Waals surface area (Å²) < 4.78 is 5.69. The van der Waals surface area contributed by atoms with Crippen LogP contribution in [0.5, 0.6) is 0 Å². The number of hydrogen-bond donors (Lipinski definition) is 0. The molecule has 4 rings (SSSR count). The monoisotopic (exact) mass is 288 g/mol. The van der Waals surface area contributed by atoms with Crippen LogP contribution in [0, 0.1) is 41.4 Å². The number of hydrogen-bond acceptors (Lipinski definition) is 2. The average Bonchev–Trinajstić information content (AvgIpc) is 3.07. The van der Waals surface area contributed by atoms with Gasteiger partial charge in [0.15, 0.2) is 0 Å². The molecule has 4 aliphatic carbocycles. The maximum atomic E-state index is 12.5. The first kappa shape index (κ1) is 13.8. The minimum atomic E-state index is -0.355. The van der Waals surface area contributed by atoms with Crippen molar-refractivity contribution >= 4 is 5.97 Å². The Bertz CT molecular complexity index is 524. The number of carbonyl (C=O) groups is 1. The number of esters is 1. The molecule has 4 aliphatic rings. The second kappa shape index (κ2) is 4.14. The predicted molar refractivity (Wildman–Crippen MR) is 82.5 cm³/mol. The van der Waals surface area contributed by atoms with Gasteiger partial charge in [0.25, 0.3) is 0 Å². The molecular formula is C19H28O2. The van der Waals surface area contributed by atoms with Crippen LogP contribution in [0.2, 0.25) is 0 Å². The van der Waals surface area contributed by atoms with Gasteiger partial charge in [-0.25, -0.2) is 0 Å². The van der Waals surface area contributed by atoms with Gasteiger partial charge < -0.3 is 4.74 Å². The third-order valence-corrected chi connectivity index (χ3v) is 6.85. The number of rotatable bonds is 1. The van der Waals surface area contributed by atoms with Crippen LogP contribution in [0.1, 0.15) is 53.9 Å². The SMILES string of the molecule is CC1C2CC(C3=C2C2CC(C(=O)OC(C)(C)C)C3C2)C1C. The van der Waals surface area contributed by atoms with Gasteiger partial charge in [0.2, 0.25) is 0 Å². The summed E-state index contributed by atoms with van der Waals surface area (Å²) in [6.07, 6.45) is 3.67. The van der Waals surface area contributed by atoms with Crippen LogP contribution in [0.25, 0.3) is 0 Å². The molecular weight excluding hydrogens is 260 g/mol.